The van der Waals surface area contributed by atoms with E-state index in [0.29, 0.717) is 21.6 Å². The highest BCUT2D eigenvalue weighted by molar-refractivity contribution is 7.18. The van der Waals surface area contributed by atoms with E-state index < -0.39 is 0 Å². The number of nitrogens with one attached hydrogen (secondary N) is 1. The Balaban J connectivity index is 1.90. The van der Waals surface area contributed by atoms with Gasteiger partial charge >= 0.3 is 0 Å². The Bertz CT molecular complexity index is 694. The van der Waals surface area contributed by atoms with Gasteiger partial charge in [-0.2, -0.15) is 0 Å². The van der Waals surface area contributed by atoms with Crippen molar-refractivity contribution in [1.82, 2.24) is 4.98 Å². The van der Waals surface area contributed by atoms with Crippen molar-refractivity contribution >= 4 is 28.2 Å². The average molecular weight is 300 g/mol. The highest BCUT2D eigenvalue weighted by Gasteiger charge is 2.39. The molecular formula is C16H16N2O2S. The molecular weight excluding hydrogens is 284 g/mol. The number of hydrogen-bond acceptors (Lipinski definition) is 4. The lowest BCUT2D eigenvalue weighted by atomic mass is 10.1. The maximum Gasteiger partial charge on any atom is 0.229 e. The normalized spacial score (nSPS) is 20.1. The molecule has 2 atom stereocenters. The van der Waals surface area contributed by atoms with Crippen LogP contribution in [0.1, 0.15) is 29.9 Å². The van der Waals surface area contributed by atoms with Crippen LogP contribution in [0.25, 0.3) is 11.3 Å². The maximum atomic E-state index is 12.0. The third-order valence-electron chi connectivity index (χ3n) is 3.67. The van der Waals surface area contributed by atoms with Crippen LogP contribution in [-0.2, 0) is 4.79 Å². The molecule has 3 rings (SSSR count). The number of Topliss-reactive ketones (excluding diaryl/α,β-unsaturated/α-hetero) is 1. The Kier molecular flexibility index (Phi) is 3.59. The van der Waals surface area contributed by atoms with E-state index in [4.69, 9.17) is 0 Å². The van der Waals surface area contributed by atoms with Crippen molar-refractivity contribution in [3.05, 3.63) is 35.2 Å². The maximum absolute atomic E-state index is 12.0. The number of thiazole rings is 1. The number of carbonyl (C=O) groups excluding carboxylic acids is 2. The SMILES string of the molecule is CC(=O)c1sc(NC(=O)C2CC2C)nc1-c1ccccc1. The number of hydrogen-bond donors (Lipinski definition) is 1. The molecule has 1 saturated carbocycles. The minimum atomic E-state index is -0.0355. The summed E-state index contributed by atoms with van der Waals surface area (Å²) in [6.07, 6.45) is 0.933. The van der Waals surface area contributed by atoms with E-state index >= 15 is 0 Å². The fourth-order valence-electron chi connectivity index (χ4n) is 2.29. The lowest BCUT2D eigenvalue weighted by molar-refractivity contribution is -0.117. The number of anilines is 1. The van der Waals surface area contributed by atoms with E-state index in [2.05, 4.69) is 17.2 Å². The molecule has 2 aromatic rings. The first kappa shape index (κ1) is 13.9. The van der Waals surface area contributed by atoms with Gasteiger partial charge < -0.3 is 5.32 Å². The number of carbonyl (C=O) groups is 2. The van der Waals surface area contributed by atoms with Gasteiger partial charge in [0.2, 0.25) is 5.91 Å². The molecule has 1 aromatic carbocycles. The van der Waals surface area contributed by atoms with Crippen LogP contribution < -0.4 is 5.32 Å². The Morgan fingerprint density at radius 1 is 1.29 bits per heavy atom. The molecule has 0 spiro atoms. The summed E-state index contributed by atoms with van der Waals surface area (Å²) in [6, 6.07) is 9.55. The van der Waals surface area contributed by atoms with Crippen LogP contribution in [0.2, 0.25) is 0 Å². The lowest BCUT2D eigenvalue weighted by Gasteiger charge is -1.99. The minimum Gasteiger partial charge on any atom is -0.302 e. The molecule has 21 heavy (non-hydrogen) atoms. The Labute approximate surface area is 127 Å². The fraction of sp³-hybridized carbons (Fsp3) is 0.312. The predicted molar refractivity (Wildman–Crippen MR) is 83.5 cm³/mol. The quantitative estimate of drug-likeness (QED) is 0.878. The van der Waals surface area contributed by atoms with Crippen molar-refractivity contribution in [1.29, 1.82) is 0 Å². The van der Waals surface area contributed by atoms with Crippen LogP contribution in [0, 0.1) is 11.8 Å². The van der Waals surface area contributed by atoms with Gasteiger partial charge in [-0.25, -0.2) is 4.98 Å². The van der Waals surface area contributed by atoms with Crippen LogP contribution in [0.4, 0.5) is 5.13 Å². The zero-order chi connectivity index (χ0) is 15.0. The number of nitrogens with zero attached hydrogens (tertiary/aromatic N) is 1. The smallest absolute Gasteiger partial charge is 0.229 e. The summed E-state index contributed by atoms with van der Waals surface area (Å²) in [5.74, 6) is 0.512. The second-order valence-electron chi connectivity index (χ2n) is 5.43. The highest BCUT2D eigenvalue weighted by atomic mass is 32.1. The van der Waals surface area contributed by atoms with Gasteiger partial charge in [0.25, 0.3) is 0 Å². The third kappa shape index (κ3) is 2.88. The van der Waals surface area contributed by atoms with Crippen molar-refractivity contribution in [3.63, 3.8) is 0 Å². The summed E-state index contributed by atoms with van der Waals surface area (Å²) in [5.41, 5.74) is 1.53. The minimum absolute atomic E-state index is 0.00552. The zero-order valence-corrected chi connectivity index (χ0v) is 12.7. The van der Waals surface area contributed by atoms with Crippen LogP contribution in [0.15, 0.2) is 30.3 Å². The number of benzene rings is 1. The first-order valence-corrected chi connectivity index (χ1v) is 7.76. The largest absolute Gasteiger partial charge is 0.302 e. The second-order valence-corrected chi connectivity index (χ2v) is 6.43. The molecule has 1 N–H and O–H groups in total. The monoisotopic (exact) mass is 300 g/mol. The summed E-state index contributed by atoms with van der Waals surface area (Å²) in [6.45, 7) is 3.58. The molecule has 1 fully saturated rings. The van der Waals surface area contributed by atoms with Crippen LogP contribution in [0.3, 0.4) is 0 Å². The van der Waals surface area contributed by atoms with Crippen LogP contribution in [0.5, 0.6) is 0 Å². The molecule has 0 radical (unpaired) electrons. The van der Waals surface area contributed by atoms with Gasteiger partial charge in [-0.15, -0.1) is 0 Å². The topological polar surface area (TPSA) is 59.1 Å². The molecule has 2 unspecified atom stereocenters. The van der Waals surface area contributed by atoms with Gasteiger partial charge in [-0.1, -0.05) is 48.6 Å². The van der Waals surface area contributed by atoms with E-state index in [1.807, 2.05) is 30.3 Å². The molecule has 1 aromatic heterocycles. The Morgan fingerprint density at radius 2 is 1.95 bits per heavy atom. The first-order chi connectivity index (χ1) is 10.1. The van der Waals surface area contributed by atoms with Gasteiger partial charge in [0.15, 0.2) is 10.9 Å². The molecule has 1 amide bonds. The van der Waals surface area contributed by atoms with Crippen LogP contribution >= 0.6 is 11.3 Å². The third-order valence-corrected chi connectivity index (χ3v) is 4.74. The van der Waals surface area contributed by atoms with E-state index in [1.165, 1.54) is 18.3 Å². The summed E-state index contributed by atoms with van der Waals surface area (Å²) in [4.78, 5) is 28.8. The van der Waals surface area contributed by atoms with Gasteiger partial charge in [0.1, 0.15) is 0 Å². The average Bonchev–Trinajstić information content (AvgIpc) is 3.05. The number of rotatable bonds is 4. The summed E-state index contributed by atoms with van der Waals surface area (Å²) in [5, 5.41) is 3.34. The fourth-order valence-corrected chi connectivity index (χ4v) is 3.18. The molecule has 0 bridgehead atoms. The molecule has 0 aliphatic heterocycles. The molecule has 108 valence electrons. The first-order valence-electron chi connectivity index (χ1n) is 6.94. The second kappa shape index (κ2) is 5.41. The molecule has 1 heterocycles. The van der Waals surface area contributed by atoms with Crippen molar-refractivity contribution in [2.45, 2.75) is 20.3 Å². The number of amides is 1. The Morgan fingerprint density at radius 3 is 2.52 bits per heavy atom. The van der Waals surface area contributed by atoms with Gasteiger partial charge in [-0.3, -0.25) is 9.59 Å². The van der Waals surface area contributed by atoms with E-state index in [9.17, 15) is 9.59 Å². The zero-order valence-electron chi connectivity index (χ0n) is 11.9. The molecule has 5 heteroatoms. The van der Waals surface area contributed by atoms with Gasteiger partial charge in [0, 0.05) is 18.4 Å². The van der Waals surface area contributed by atoms with E-state index in [-0.39, 0.29) is 17.6 Å². The van der Waals surface area contributed by atoms with E-state index in [1.54, 1.807) is 0 Å². The summed E-state index contributed by atoms with van der Waals surface area (Å²) >= 11 is 1.24. The van der Waals surface area contributed by atoms with Crippen molar-refractivity contribution in [2.75, 3.05) is 5.32 Å². The summed E-state index contributed by atoms with van der Waals surface area (Å²) < 4.78 is 0. The molecule has 1 aliphatic carbocycles. The molecule has 1 aliphatic rings. The van der Waals surface area contributed by atoms with E-state index in [0.717, 1.165) is 12.0 Å². The van der Waals surface area contributed by atoms with Crippen molar-refractivity contribution in [3.8, 4) is 11.3 Å². The number of ketones is 1. The lowest BCUT2D eigenvalue weighted by Crippen LogP contribution is -2.14. The highest BCUT2D eigenvalue weighted by Crippen LogP contribution is 2.39. The predicted octanol–water partition coefficient (Wildman–Crippen LogP) is 3.61. The summed E-state index contributed by atoms with van der Waals surface area (Å²) in [7, 11) is 0. The van der Waals surface area contributed by atoms with Crippen molar-refractivity contribution in [2.24, 2.45) is 11.8 Å². The molecule has 4 nitrogen and oxygen atoms in total. The van der Waals surface area contributed by atoms with Crippen molar-refractivity contribution < 1.29 is 9.59 Å². The Hall–Kier alpha value is -2.01. The molecule has 0 saturated heterocycles. The number of aromatic nitrogens is 1. The van der Waals surface area contributed by atoms with Gasteiger partial charge in [0.05, 0.1) is 10.6 Å². The van der Waals surface area contributed by atoms with Gasteiger partial charge in [-0.05, 0) is 12.3 Å². The standard InChI is InChI=1S/C16H16N2O2S/c1-9-8-12(9)15(20)18-16-17-13(14(21-16)10(2)19)11-6-4-3-5-7-11/h3-7,9,12H,8H2,1-2H3,(H,17,18,20). The van der Waals surface area contributed by atoms with Crippen LogP contribution in [-0.4, -0.2) is 16.7 Å².